The van der Waals surface area contributed by atoms with E-state index in [1.165, 1.54) is 17.0 Å². The Hall–Kier alpha value is -3.42. The summed E-state index contributed by atoms with van der Waals surface area (Å²) in [5, 5.41) is 2.24. The van der Waals surface area contributed by atoms with Crippen molar-refractivity contribution in [3.63, 3.8) is 0 Å². The second-order valence-corrected chi connectivity index (χ2v) is 10.1. The van der Waals surface area contributed by atoms with Crippen LogP contribution in [0.3, 0.4) is 0 Å². The number of nitrogens with one attached hydrogen (secondary N) is 1. The van der Waals surface area contributed by atoms with Crippen molar-refractivity contribution >= 4 is 24.5 Å². The van der Waals surface area contributed by atoms with Crippen LogP contribution in [0.1, 0.15) is 79.2 Å². The van der Waals surface area contributed by atoms with Crippen molar-refractivity contribution < 1.29 is 28.0 Å². The molecule has 1 fully saturated rings. The van der Waals surface area contributed by atoms with Crippen LogP contribution in [0.4, 0.5) is 8.78 Å². The molecule has 6 nitrogen and oxygen atoms in total. The van der Waals surface area contributed by atoms with Gasteiger partial charge in [-0.1, -0.05) is 61.7 Å². The van der Waals surface area contributed by atoms with Gasteiger partial charge in [0, 0.05) is 31.4 Å². The lowest BCUT2D eigenvalue weighted by Gasteiger charge is -2.30. The average molecular weight is 527 g/mol. The van der Waals surface area contributed by atoms with Crippen LogP contribution in [0.15, 0.2) is 42.5 Å². The molecular formula is C30H36F2N2O4. The Morgan fingerprint density at radius 2 is 1.66 bits per heavy atom. The number of benzene rings is 2. The Balaban J connectivity index is 1.60. The summed E-state index contributed by atoms with van der Waals surface area (Å²) in [7, 11) is 0. The van der Waals surface area contributed by atoms with Gasteiger partial charge in [-0.25, -0.2) is 8.78 Å². The number of imide groups is 1. The van der Waals surface area contributed by atoms with Gasteiger partial charge in [0.15, 0.2) is 0 Å². The van der Waals surface area contributed by atoms with Gasteiger partial charge in [0.2, 0.25) is 18.2 Å². The third-order valence-corrected chi connectivity index (χ3v) is 7.10. The van der Waals surface area contributed by atoms with Crippen LogP contribution < -0.4 is 5.32 Å². The standard InChI is InChI=1S/C30H36F2N2O4/c1-22-9-10-24(18-25(22)20-34(21-36)27-15-16-28(37)33-29(27)38)19-30(31,32)26-13-11-23(12-14-26)8-6-4-2-3-5-7-17-35/h9-14,17-18,21,27H,2-8,15-16,19-20H2,1H3,(H,33,37,38). The number of hydrogen-bond donors (Lipinski definition) is 1. The largest absolute Gasteiger partial charge is 0.329 e. The van der Waals surface area contributed by atoms with Gasteiger partial charge in [-0.05, 0) is 54.9 Å². The molecule has 1 aliphatic heterocycles. The van der Waals surface area contributed by atoms with Gasteiger partial charge >= 0.3 is 0 Å². The maximum Gasteiger partial charge on any atom is 0.277 e. The van der Waals surface area contributed by atoms with Crippen LogP contribution in [0, 0.1) is 6.92 Å². The molecule has 8 heteroatoms. The van der Waals surface area contributed by atoms with E-state index in [0.29, 0.717) is 24.0 Å². The van der Waals surface area contributed by atoms with Crippen molar-refractivity contribution in [2.24, 2.45) is 0 Å². The number of carbonyl (C=O) groups is 4. The van der Waals surface area contributed by atoms with Crippen molar-refractivity contribution in [2.45, 2.75) is 89.6 Å². The van der Waals surface area contributed by atoms with Crippen molar-refractivity contribution in [2.75, 3.05) is 0 Å². The van der Waals surface area contributed by atoms with E-state index >= 15 is 8.78 Å². The van der Waals surface area contributed by atoms with Crippen molar-refractivity contribution in [3.8, 4) is 0 Å². The molecule has 1 aliphatic rings. The van der Waals surface area contributed by atoms with E-state index in [4.69, 9.17) is 0 Å². The fourth-order valence-electron chi connectivity index (χ4n) is 4.78. The predicted molar refractivity (Wildman–Crippen MR) is 140 cm³/mol. The van der Waals surface area contributed by atoms with Crippen molar-refractivity contribution in [1.82, 2.24) is 10.2 Å². The number of alkyl halides is 2. The summed E-state index contributed by atoms with van der Waals surface area (Å²) >= 11 is 0. The first-order valence-corrected chi connectivity index (χ1v) is 13.3. The Morgan fingerprint density at radius 3 is 2.34 bits per heavy atom. The summed E-state index contributed by atoms with van der Waals surface area (Å²) < 4.78 is 30.4. The van der Waals surface area contributed by atoms with Gasteiger partial charge in [0.05, 0.1) is 0 Å². The second kappa shape index (κ2) is 13.9. The fourth-order valence-corrected chi connectivity index (χ4v) is 4.78. The van der Waals surface area contributed by atoms with E-state index in [9.17, 15) is 19.2 Å². The molecule has 0 aliphatic carbocycles. The van der Waals surface area contributed by atoms with Gasteiger partial charge < -0.3 is 9.69 Å². The van der Waals surface area contributed by atoms with E-state index in [1.807, 2.05) is 6.92 Å². The highest BCUT2D eigenvalue weighted by Gasteiger charge is 2.33. The molecular weight excluding hydrogens is 490 g/mol. The van der Waals surface area contributed by atoms with Crippen LogP contribution in [-0.2, 0) is 44.5 Å². The molecule has 3 rings (SSSR count). The minimum atomic E-state index is -3.07. The zero-order chi connectivity index (χ0) is 27.5. The number of nitrogens with zero attached hydrogens (tertiary/aromatic N) is 1. The number of aldehydes is 1. The molecule has 0 radical (unpaired) electrons. The lowest BCUT2D eigenvalue weighted by atomic mass is 9.95. The third-order valence-electron chi connectivity index (χ3n) is 7.10. The predicted octanol–water partition coefficient (Wildman–Crippen LogP) is 5.18. The van der Waals surface area contributed by atoms with E-state index in [-0.39, 0.29) is 30.9 Å². The summed E-state index contributed by atoms with van der Waals surface area (Å²) in [6.07, 6.45) is 7.92. The number of hydrogen-bond acceptors (Lipinski definition) is 4. The molecule has 38 heavy (non-hydrogen) atoms. The Kier molecular flexibility index (Phi) is 10.7. The minimum Gasteiger partial charge on any atom is -0.329 e. The number of piperidine rings is 1. The molecule has 1 unspecified atom stereocenters. The van der Waals surface area contributed by atoms with Crippen LogP contribution in [-0.4, -0.2) is 35.5 Å². The lowest BCUT2D eigenvalue weighted by molar-refractivity contribution is -0.141. The number of amides is 3. The first-order valence-electron chi connectivity index (χ1n) is 13.3. The van der Waals surface area contributed by atoms with Gasteiger partial charge in [-0.3, -0.25) is 19.7 Å². The van der Waals surface area contributed by atoms with E-state index in [2.05, 4.69) is 5.32 Å². The zero-order valence-corrected chi connectivity index (χ0v) is 21.9. The summed E-state index contributed by atoms with van der Waals surface area (Å²) in [6.45, 7) is 1.92. The molecule has 1 N–H and O–H groups in total. The summed E-state index contributed by atoms with van der Waals surface area (Å²) in [6, 6.07) is 10.8. The topological polar surface area (TPSA) is 83.6 Å². The van der Waals surface area contributed by atoms with Crippen LogP contribution >= 0.6 is 0 Å². The molecule has 0 aromatic heterocycles. The first kappa shape index (κ1) is 29.1. The van der Waals surface area contributed by atoms with Gasteiger partial charge in [-0.15, -0.1) is 0 Å². The first-order chi connectivity index (χ1) is 18.2. The monoisotopic (exact) mass is 526 g/mol. The second-order valence-electron chi connectivity index (χ2n) is 10.1. The van der Waals surface area contributed by atoms with Crippen LogP contribution in [0.25, 0.3) is 0 Å². The number of rotatable bonds is 15. The highest BCUT2D eigenvalue weighted by Crippen LogP contribution is 2.33. The van der Waals surface area contributed by atoms with E-state index in [0.717, 1.165) is 55.9 Å². The fraction of sp³-hybridized carbons (Fsp3) is 0.467. The Bertz CT molecular complexity index is 1120. The van der Waals surface area contributed by atoms with E-state index in [1.54, 1.807) is 30.3 Å². The lowest BCUT2D eigenvalue weighted by Crippen LogP contribution is -2.51. The molecule has 0 bridgehead atoms. The SMILES string of the molecule is Cc1ccc(CC(F)(F)c2ccc(CCCCCCCC=O)cc2)cc1CN(C=O)C1CCC(=O)NC1=O. The minimum absolute atomic E-state index is 0.0460. The number of aryl methyl sites for hydroxylation is 2. The highest BCUT2D eigenvalue weighted by atomic mass is 19.3. The Morgan fingerprint density at radius 1 is 0.974 bits per heavy atom. The molecule has 2 aromatic carbocycles. The average Bonchev–Trinajstić information content (AvgIpc) is 2.89. The maximum atomic E-state index is 15.2. The normalized spacial score (nSPS) is 15.7. The number of unbranched alkanes of at least 4 members (excludes halogenated alkanes) is 5. The maximum absolute atomic E-state index is 15.2. The number of carbonyl (C=O) groups excluding carboxylic acids is 4. The molecule has 1 atom stereocenters. The smallest absolute Gasteiger partial charge is 0.277 e. The molecule has 0 saturated carbocycles. The zero-order valence-electron chi connectivity index (χ0n) is 21.9. The van der Waals surface area contributed by atoms with Crippen molar-refractivity contribution in [3.05, 3.63) is 70.3 Å². The molecule has 2 aromatic rings. The van der Waals surface area contributed by atoms with Gasteiger partial charge in [0.25, 0.3) is 5.92 Å². The summed E-state index contributed by atoms with van der Waals surface area (Å²) in [4.78, 5) is 47.0. The van der Waals surface area contributed by atoms with Crippen LogP contribution in [0.2, 0.25) is 0 Å². The van der Waals surface area contributed by atoms with Crippen molar-refractivity contribution in [1.29, 1.82) is 0 Å². The highest BCUT2D eigenvalue weighted by molar-refractivity contribution is 6.00. The molecule has 3 amide bonds. The molecule has 1 heterocycles. The van der Waals surface area contributed by atoms with E-state index < -0.39 is 24.3 Å². The molecule has 1 saturated heterocycles. The third kappa shape index (κ3) is 8.30. The molecule has 0 spiro atoms. The number of halogens is 2. The quantitative estimate of drug-likeness (QED) is 0.197. The van der Waals surface area contributed by atoms with Gasteiger partial charge in [0.1, 0.15) is 12.3 Å². The molecule has 204 valence electrons. The van der Waals surface area contributed by atoms with Gasteiger partial charge in [-0.2, -0.15) is 0 Å². The Labute approximate surface area is 222 Å². The summed E-state index contributed by atoms with van der Waals surface area (Å²) in [5.74, 6) is -3.96. The summed E-state index contributed by atoms with van der Waals surface area (Å²) in [5.41, 5.74) is 2.91. The van der Waals surface area contributed by atoms with Crippen LogP contribution in [0.5, 0.6) is 0 Å².